The SMILES string of the molecule is COc1ccc2oc(CN(C)Cc3cnn4c3CNCC4)cc2c1. The summed E-state index contributed by atoms with van der Waals surface area (Å²) in [6.45, 7) is 4.46. The van der Waals surface area contributed by atoms with Crippen LogP contribution in [0.25, 0.3) is 11.0 Å². The molecule has 0 amide bonds. The second kappa shape index (κ2) is 6.30. The van der Waals surface area contributed by atoms with E-state index in [1.807, 2.05) is 24.4 Å². The summed E-state index contributed by atoms with van der Waals surface area (Å²) in [5.41, 5.74) is 3.47. The van der Waals surface area contributed by atoms with Gasteiger partial charge in [0.15, 0.2) is 0 Å². The van der Waals surface area contributed by atoms with Crippen LogP contribution in [0.15, 0.2) is 34.9 Å². The zero-order chi connectivity index (χ0) is 16.5. The maximum Gasteiger partial charge on any atom is 0.134 e. The van der Waals surface area contributed by atoms with E-state index < -0.39 is 0 Å². The first-order valence-electron chi connectivity index (χ1n) is 8.22. The second-order valence-corrected chi connectivity index (χ2v) is 6.31. The molecule has 0 unspecified atom stereocenters. The monoisotopic (exact) mass is 326 g/mol. The highest BCUT2D eigenvalue weighted by molar-refractivity contribution is 5.79. The zero-order valence-electron chi connectivity index (χ0n) is 14.1. The first-order valence-corrected chi connectivity index (χ1v) is 8.22. The van der Waals surface area contributed by atoms with Crippen LogP contribution < -0.4 is 10.1 Å². The molecule has 3 aromatic rings. The third kappa shape index (κ3) is 2.90. The van der Waals surface area contributed by atoms with E-state index in [0.29, 0.717) is 0 Å². The number of aromatic nitrogens is 2. The average Bonchev–Trinajstić information content (AvgIpc) is 3.17. The molecule has 1 N–H and O–H groups in total. The lowest BCUT2D eigenvalue weighted by molar-refractivity contribution is 0.290. The van der Waals surface area contributed by atoms with E-state index in [0.717, 1.165) is 55.2 Å². The van der Waals surface area contributed by atoms with Crippen molar-refractivity contribution in [2.45, 2.75) is 26.2 Å². The molecule has 1 aromatic carbocycles. The molecule has 0 radical (unpaired) electrons. The molecule has 0 bridgehead atoms. The number of nitrogens with zero attached hydrogens (tertiary/aromatic N) is 3. The van der Waals surface area contributed by atoms with Crippen LogP contribution in [-0.2, 0) is 26.2 Å². The minimum atomic E-state index is 0.759. The number of nitrogens with one attached hydrogen (secondary N) is 1. The molecule has 6 nitrogen and oxygen atoms in total. The lowest BCUT2D eigenvalue weighted by atomic mass is 10.2. The Morgan fingerprint density at radius 2 is 2.25 bits per heavy atom. The van der Waals surface area contributed by atoms with E-state index in [2.05, 4.69) is 33.1 Å². The molecule has 1 aliphatic rings. The Labute approximate surface area is 141 Å². The van der Waals surface area contributed by atoms with Gasteiger partial charge in [-0.3, -0.25) is 9.58 Å². The highest BCUT2D eigenvalue weighted by Crippen LogP contribution is 2.25. The van der Waals surface area contributed by atoms with Gasteiger partial charge in [-0.25, -0.2) is 0 Å². The van der Waals surface area contributed by atoms with Gasteiger partial charge < -0.3 is 14.5 Å². The quantitative estimate of drug-likeness (QED) is 0.780. The Kier molecular flexibility index (Phi) is 4.00. The number of hydrogen-bond donors (Lipinski definition) is 1. The van der Waals surface area contributed by atoms with Crippen molar-refractivity contribution in [3.8, 4) is 5.75 Å². The smallest absolute Gasteiger partial charge is 0.134 e. The van der Waals surface area contributed by atoms with Crippen molar-refractivity contribution in [1.29, 1.82) is 0 Å². The van der Waals surface area contributed by atoms with Crippen LogP contribution in [0.4, 0.5) is 0 Å². The van der Waals surface area contributed by atoms with Crippen molar-refractivity contribution >= 4 is 11.0 Å². The van der Waals surface area contributed by atoms with Crippen LogP contribution >= 0.6 is 0 Å². The van der Waals surface area contributed by atoms with Crippen LogP contribution in [-0.4, -0.2) is 35.4 Å². The number of furan rings is 1. The van der Waals surface area contributed by atoms with Gasteiger partial charge in [-0.1, -0.05) is 0 Å². The minimum Gasteiger partial charge on any atom is -0.497 e. The molecule has 126 valence electrons. The van der Waals surface area contributed by atoms with Crippen molar-refractivity contribution in [1.82, 2.24) is 20.0 Å². The zero-order valence-corrected chi connectivity index (χ0v) is 14.1. The lowest BCUT2D eigenvalue weighted by Crippen LogP contribution is -2.29. The summed E-state index contributed by atoms with van der Waals surface area (Å²) < 4.78 is 13.3. The predicted octanol–water partition coefficient (Wildman–Crippen LogP) is 2.37. The Balaban J connectivity index is 1.47. The summed E-state index contributed by atoms with van der Waals surface area (Å²) in [6.07, 6.45) is 1.99. The number of fused-ring (bicyclic) bond motifs is 2. The van der Waals surface area contributed by atoms with E-state index in [9.17, 15) is 0 Å². The third-order valence-corrected chi connectivity index (χ3v) is 4.47. The topological polar surface area (TPSA) is 55.5 Å². The predicted molar refractivity (Wildman–Crippen MR) is 91.9 cm³/mol. The highest BCUT2D eigenvalue weighted by atomic mass is 16.5. The molecule has 0 aliphatic carbocycles. The standard InChI is InChI=1S/C18H22N4O2/c1-21(11-14-9-20-22-6-5-19-10-17(14)22)12-16-8-13-7-15(23-2)3-4-18(13)24-16/h3-4,7-9,19H,5-6,10-12H2,1-2H3. The maximum atomic E-state index is 5.94. The van der Waals surface area contributed by atoms with Crippen LogP contribution in [0.3, 0.4) is 0 Å². The first-order chi connectivity index (χ1) is 11.7. The van der Waals surface area contributed by atoms with Gasteiger partial charge in [0.1, 0.15) is 17.1 Å². The van der Waals surface area contributed by atoms with E-state index in [4.69, 9.17) is 9.15 Å². The Morgan fingerprint density at radius 3 is 3.12 bits per heavy atom. The summed E-state index contributed by atoms with van der Waals surface area (Å²) in [5.74, 6) is 1.81. The summed E-state index contributed by atoms with van der Waals surface area (Å²) in [7, 11) is 3.78. The van der Waals surface area contributed by atoms with Crippen LogP contribution in [0.1, 0.15) is 17.0 Å². The van der Waals surface area contributed by atoms with Gasteiger partial charge >= 0.3 is 0 Å². The molecule has 4 rings (SSSR count). The largest absolute Gasteiger partial charge is 0.497 e. The van der Waals surface area contributed by atoms with Crippen molar-refractivity contribution in [2.24, 2.45) is 0 Å². The van der Waals surface area contributed by atoms with E-state index >= 15 is 0 Å². The normalized spacial score (nSPS) is 14.3. The van der Waals surface area contributed by atoms with Crippen LogP contribution in [0, 0.1) is 0 Å². The lowest BCUT2D eigenvalue weighted by Gasteiger charge is -2.19. The molecule has 0 atom stereocenters. The summed E-state index contributed by atoms with van der Waals surface area (Å²) >= 11 is 0. The number of ether oxygens (including phenoxy) is 1. The fourth-order valence-electron chi connectivity index (χ4n) is 3.26. The Bertz CT molecular complexity index is 852. The van der Waals surface area contributed by atoms with Gasteiger partial charge in [0, 0.05) is 30.6 Å². The number of hydrogen-bond acceptors (Lipinski definition) is 5. The maximum absolute atomic E-state index is 5.94. The summed E-state index contributed by atoms with van der Waals surface area (Å²) in [4.78, 5) is 2.25. The third-order valence-electron chi connectivity index (χ3n) is 4.47. The van der Waals surface area contributed by atoms with E-state index in [1.165, 1.54) is 11.3 Å². The molecule has 0 saturated carbocycles. The van der Waals surface area contributed by atoms with Gasteiger partial charge in [0.05, 0.1) is 32.1 Å². The number of methoxy groups -OCH3 is 1. The van der Waals surface area contributed by atoms with Crippen LogP contribution in [0.5, 0.6) is 5.75 Å². The number of rotatable bonds is 5. The molecule has 2 aromatic heterocycles. The van der Waals surface area contributed by atoms with Gasteiger partial charge in [0.25, 0.3) is 0 Å². The van der Waals surface area contributed by atoms with Crippen molar-refractivity contribution < 1.29 is 9.15 Å². The molecular weight excluding hydrogens is 304 g/mol. The van der Waals surface area contributed by atoms with Crippen molar-refractivity contribution in [3.05, 3.63) is 47.5 Å². The van der Waals surface area contributed by atoms with Gasteiger partial charge in [0.2, 0.25) is 0 Å². The van der Waals surface area contributed by atoms with Gasteiger partial charge in [-0.05, 0) is 31.3 Å². The fraction of sp³-hybridized carbons (Fsp3) is 0.389. The molecule has 0 saturated heterocycles. The first kappa shape index (κ1) is 15.2. The number of benzene rings is 1. The Hall–Kier alpha value is -2.31. The second-order valence-electron chi connectivity index (χ2n) is 6.31. The average molecular weight is 326 g/mol. The van der Waals surface area contributed by atoms with E-state index in [-0.39, 0.29) is 0 Å². The molecule has 0 fully saturated rings. The molecule has 0 spiro atoms. The molecule has 24 heavy (non-hydrogen) atoms. The fourth-order valence-corrected chi connectivity index (χ4v) is 3.26. The van der Waals surface area contributed by atoms with Gasteiger partial charge in [-0.15, -0.1) is 0 Å². The van der Waals surface area contributed by atoms with E-state index in [1.54, 1.807) is 7.11 Å². The van der Waals surface area contributed by atoms with Crippen molar-refractivity contribution in [2.75, 3.05) is 20.7 Å². The summed E-state index contributed by atoms with van der Waals surface area (Å²) in [6, 6.07) is 7.97. The van der Waals surface area contributed by atoms with Gasteiger partial charge in [-0.2, -0.15) is 5.10 Å². The summed E-state index contributed by atoms with van der Waals surface area (Å²) in [5, 5.41) is 8.97. The molecule has 1 aliphatic heterocycles. The van der Waals surface area contributed by atoms with Crippen LogP contribution in [0.2, 0.25) is 0 Å². The molecule has 6 heteroatoms. The molecule has 3 heterocycles. The Morgan fingerprint density at radius 1 is 1.33 bits per heavy atom. The molecular formula is C18H22N4O2. The van der Waals surface area contributed by atoms with Crippen molar-refractivity contribution in [3.63, 3.8) is 0 Å². The minimum absolute atomic E-state index is 0.759. The highest BCUT2D eigenvalue weighted by Gasteiger charge is 2.16.